The van der Waals surface area contributed by atoms with Gasteiger partial charge in [0, 0.05) is 10.6 Å². The summed E-state index contributed by atoms with van der Waals surface area (Å²) in [5.74, 6) is 1.44. The van der Waals surface area contributed by atoms with Crippen molar-refractivity contribution in [3.63, 3.8) is 0 Å². The van der Waals surface area contributed by atoms with Gasteiger partial charge in [-0.15, -0.1) is 5.10 Å². The first-order valence-electron chi connectivity index (χ1n) is 6.17. The Bertz CT molecular complexity index is 816. The molecule has 21 heavy (non-hydrogen) atoms. The van der Waals surface area contributed by atoms with Crippen LogP contribution in [0, 0.1) is 0 Å². The Morgan fingerprint density at radius 1 is 1.10 bits per heavy atom. The molecule has 0 amide bonds. The zero-order valence-corrected chi connectivity index (χ0v) is 12.3. The second-order valence-electron chi connectivity index (χ2n) is 4.34. The fraction of sp³-hybridized carbons (Fsp3) is 0.143. The lowest BCUT2D eigenvalue weighted by Crippen LogP contribution is -1.99. The van der Waals surface area contributed by atoms with Gasteiger partial charge in [-0.1, -0.05) is 11.6 Å². The Hall–Kier alpha value is -2.47. The molecule has 3 rings (SSSR count). The minimum Gasteiger partial charge on any atom is -0.496 e. The van der Waals surface area contributed by atoms with Gasteiger partial charge in [0.25, 0.3) is 0 Å². The summed E-state index contributed by atoms with van der Waals surface area (Å²) in [4.78, 5) is 4.18. The summed E-state index contributed by atoms with van der Waals surface area (Å²) in [6, 6.07) is 9.03. The summed E-state index contributed by atoms with van der Waals surface area (Å²) in [5, 5.41) is 4.81. The van der Waals surface area contributed by atoms with E-state index in [9.17, 15) is 0 Å². The molecular weight excluding hydrogens is 292 g/mol. The van der Waals surface area contributed by atoms with Crippen LogP contribution in [0.25, 0.3) is 16.9 Å². The van der Waals surface area contributed by atoms with Crippen LogP contribution in [0.4, 0.5) is 5.95 Å². The van der Waals surface area contributed by atoms with E-state index in [1.807, 2.05) is 6.07 Å². The fourth-order valence-corrected chi connectivity index (χ4v) is 2.37. The highest BCUT2D eigenvalue weighted by Crippen LogP contribution is 2.34. The van der Waals surface area contributed by atoms with Crippen LogP contribution in [0.15, 0.2) is 30.3 Å². The number of hydrogen-bond acceptors (Lipinski definition) is 5. The monoisotopic (exact) mass is 304 g/mol. The molecule has 3 aromatic rings. The molecule has 2 heterocycles. The van der Waals surface area contributed by atoms with Crippen molar-refractivity contribution < 1.29 is 9.47 Å². The lowest BCUT2D eigenvalue weighted by atomic mass is 10.1. The van der Waals surface area contributed by atoms with E-state index in [-0.39, 0.29) is 5.95 Å². The molecule has 0 saturated carbocycles. The van der Waals surface area contributed by atoms with E-state index in [4.69, 9.17) is 26.8 Å². The normalized spacial score (nSPS) is 10.8. The SMILES string of the molecule is COc1ccc(Cl)cc1-c1ccc(OC)c2nc(N)nn12. The lowest BCUT2D eigenvalue weighted by Gasteiger charge is -2.11. The van der Waals surface area contributed by atoms with Crippen molar-refractivity contribution in [2.24, 2.45) is 0 Å². The average molecular weight is 305 g/mol. The number of hydrogen-bond donors (Lipinski definition) is 1. The second-order valence-corrected chi connectivity index (χ2v) is 4.77. The molecule has 7 heteroatoms. The molecule has 0 aliphatic heterocycles. The van der Waals surface area contributed by atoms with Crippen molar-refractivity contribution in [1.29, 1.82) is 0 Å². The van der Waals surface area contributed by atoms with E-state index in [0.29, 0.717) is 22.2 Å². The average Bonchev–Trinajstić information content (AvgIpc) is 2.87. The number of halogens is 1. The van der Waals surface area contributed by atoms with Crippen LogP contribution < -0.4 is 15.2 Å². The fourth-order valence-electron chi connectivity index (χ4n) is 2.20. The highest BCUT2D eigenvalue weighted by atomic mass is 35.5. The number of nitrogen functional groups attached to an aromatic ring is 1. The van der Waals surface area contributed by atoms with Crippen LogP contribution in [0.2, 0.25) is 5.02 Å². The zero-order valence-electron chi connectivity index (χ0n) is 11.5. The molecule has 108 valence electrons. The number of pyridine rings is 1. The Morgan fingerprint density at radius 3 is 2.52 bits per heavy atom. The number of anilines is 1. The molecule has 6 nitrogen and oxygen atoms in total. The van der Waals surface area contributed by atoms with Crippen molar-refractivity contribution >= 4 is 23.2 Å². The maximum Gasteiger partial charge on any atom is 0.240 e. The summed E-state index contributed by atoms with van der Waals surface area (Å²) in [5.41, 5.74) is 7.79. The first kappa shape index (κ1) is 13.5. The molecule has 2 aromatic heterocycles. The van der Waals surface area contributed by atoms with Crippen molar-refractivity contribution in [2.45, 2.75) is 0 Å². The summed E-state index contributed by atoms with van der Waals surface area (Å²) in [6.07, 6.45) is 0. The van der Waals surface area contributed by atoms with Gasteiger partial charge in [-0.3, -0.25) is 0 Å². The molecule has 0 aliphatic rings. The van der Waals surface area contributed by atoms with E-state index < -0.39 is 0 Å². The van der Waals surface area contributed by atoms with E-state index >= 15 is 0 Å². The van der Waals surface area contributed by atoms with Gasteiger partial charge >= 0.3 is 0 Å². The molecule has 0 fully saturated rings. The predicted octanol–water partition coefficient (Wildman–Crippen LogP) is 2.65. The molecule has 0 unspecified atom stereocenters. The van der Waals surface area contributed by atoms with Crippen molar-refractivity contribution in [1.82, 2.24) is 14.6 Å². The molecule has 0 saturated heterocycles. The largest absolute Gasteiger partial charge is 0.496 e. The number of aromatic nitrogens is 3. The summed E-state index contributed by atoms with van der Waals surface area (Å²) in [6.45, 7) is 0. The number of benzene rings is 1. The molecule has 0 radical (unpaired) electrons. The number of nitrogens with zero attached hydrogens (tertiary/aromatic N) is 3. The molecule has 0 atom stereocenters. The van der Waals surface area contributed by atoms with Gasteiger partial charge in [0.05, 0.1) is 19.9 Å². The van der Waals surface area contributed by atoms with E-state index in [1.165, 1.54) is 0 Å². The molecule has 2 N–H and O–H groups in total. The van der Waals surface area contributed by atoms with Gasteiger partial charge in [0.2, 0.25) is 5.95 Å². The first-order valence-corrected chi connectivity index (χ1v) is 6.55. The minimum absolute atomic E-state index is 0.168. The van der Waals surface area contributed by atoms with Crippen molar-refractivity contribution in [3.8, 4) is 22.8 Å². The van der Waals surface area contributed by atoms with Crippen LogP contribution in [0.3, 0.4) is 0 Å². The number of ether oxygens (including phenoxy) is 2. The highest BCUT2D eigenvalue weighted by molar-refractivity contribution is 6.31. The zero-order chi connectivity index (χ0) is 15.0. The lowest BCUT2D eigenvalue weighted by molar-refractivity contribution is 0.414. The van der Waals surface area contributed by atoms with Gasteiger partial charge in [-0.05, 0) is 30.3 Å². The Labute approximate surface area is 126 Å². The first-order chi connectivity index (χ1) is 10.1. The standard InChI is InChI=1S/C14H13ClN4O2/c1-20-11-5-3-8(15)7-9(11)10-4-6-12(21-2)13-17-14(16)18-19(10)13/h3-7H,1-2H3,(H2,16,18). The second kappa shape index (κ2) is 5.14. The topological polar surface area (TPSA) is 74.7 Å². The third-order valence-electron chi connectivity index (χ3n) is 3.12. The Kier molecular flexibility index (Phi) is 3.31. The van der Waals surface area contributed by atoms with Crippen molar-refractivity contribution in [3.05, 3.63) is 35.4 Å². The smallest absolute Gasteiger partial charge is 0.240 e. The third-order valence-corrected chi connectivity index (χ3v) is 3.36. The molecular formula is C14H13ClN4O2. The quantitative estimate of drug-likeness (QED) is 0.805. The maximum absolute atomic E-state index is 6.09. The summed E-state index contributed by atoms with van der Waals surface area (Å²) in [7, 11) is 3.17. The predicted molar refractivity (Wildman–Crippen MR) is 80.9 cm³/mol. The molecule has 0 bridgehead atoms. The number of rotatable bonds is 3. The summed E-state index contributed by atoms with van der Waals surface area (Å²) >= 11 is 6.09. The molecule has 0 aliphatic carbocycles. The van der Waals surface area contributed by atoms with E-state index in [1.54, 1.807) is 43.0 Å². The summed E-state index contributed by atoms with van der Waals surface area (Å²) < 4.78 is 12.3. The van der Waals surface area contributed by atoms with Crippen LogP contribution >= 0.6 is 11.6 Å². The van der Waals surface area contributed by atoms with Gasteiger partial charge in [-0.2, -0.15) is 4.98 Å². The van der Waals surface area contributed by atoms with Crippen LogP contribution in [-0.4, -0.2) is 28.8 Å². The molecule has 1 aromatic carbocycles. The van der Waals surface area contributed by atoms with Crippen LogP contribution in [0.1, 0.15) is 0 Å². The van der Waals surface area contributed by atoms with Gasteiger partial charge in [0.1, 0.15) is 5.75 Å². The third kappa shape index (κ3) is 2.23. The number of fused-ring (bicyclic) bond motifs is 1. The highest BCUT2D eigenvalue weighted by Gasteiger charge is 2.15. The van der Waals surface area contributed by atoms with Crippen LogP contribution in [-0.2, 0) is 0 Å². The Morgan fingerprint density at radius 2 is 1.81 bits per heavy atom. The van der Waals surface area contributed by atoms with Crippen LogP contribution in [0.5, 0.6) is 11.5 Å². The maximum atomic E-state index is 6.09. The number of methoxy groups -OCH3 is 2. The minimum atomic E-state index is 0.168. The molecule has 0 spiro atoms. The number of nitrogens with two attached hydrogens (primary N) is 1. The van der Waals surface area contributed by atoms with Crippen molar-refractivity contribution in [2.75, 3.05) is 20.0 Å². The van der Waals surface area contributed by atoms with E-state index in [0.717, 1.165) is 11.3 Å². The Balaban J connectivity index is 2.33. The van der Waals surface area contributed by atoms with Gasteiger partial charge in [-0.25, -0.2) is 4.52 Å². The van der Waals surface area contributed by atoms with Gasteiger partial charge in [0.15, 0.2) is 11.4 Å². The van der Waals surface area contributed by atoms with E-state index in [2.05, 4.69) is 10.1 Å². The van der Waals surface area contributed by atoms with Gasteiger partial charge < -0.3 is 15.2 Å².